The number of benzene rings is 1. The number of hydrogen-bond donors (Lipinski definition) is 0. The Balaban J connectivity index is 1.48. The molecule has 0 aromatic heterocycles. The van der Waals surface area contributed by atoms with Crippen LogP contribution in [0, 0.1) is 0 Å². The average Bonchev–Trinajstić information content (AvgIpc) is 2.96. The van der Waals surface area contributed by atoms with Crippen LogP contribution in [0.3, 0.4) is 0 Å². The molecule has 0 saturated carbocycles. The van der Waals surface area contributed by atoms with Crippen molar-refractivity contribution in [3.8, 4) is 5.75 Å². The molecular weight excluding hydrogens is 304 g/mol. The molecule has 1 amide bonds. The van der Waals surface area contributed by atoms with E-state index in [0.717, 1.165) is 58.0 Å². The summed E-state index contributed by atoms with van der Waals surface area (Å²) in [7, 11) is 1.73. The molecular formula is C19H26N2O3. The molecule has 2 saturated heterocycles. The normalized spacial score (nSPS) is 27.0. The third kappa shape index (κ3) is 2.80. The Labute approximate surface area is 143 Å². The van der Waals surface area contributed by atoms with E-state index in [2.05, 4.69) is 21.9 Å². The van der Waals surface area contributed by atoms with Gasteiger partial charge in [-0.15, -0.1) is 0 Å². The van der Waals surface area contributed by atoms with Crippen molar-refractivity contribution in [1.82, 2.24) is 9.80 Å². The van der Waals surface area contributed by atoms with Gasteiger partial charge in [0.2, 0.25) is 5.91 Å². The molecule has 0 N–H and O–H groups in total. The van der Waals surface area contributed by atoms with Gasteiger partial charge in [0.1, 0.15) is 5.75 Å². The van der Waals surface area contributed by atoms with Gasteiger partial charge in [-0.3, -0.25) is 9.69 Å². The Morgan fingerprint density at radius 2 is 2.08 bits per heavy atom. The molecule has 1 aromatic rings. The summed E-state index contributed by atoms with van der Waals surface area (Å²) < 4.78 is 10.9. The maximum absolute atomic E-state index is 12.6. The summed E-state index contributed by atoms with van der Waals surface area (Å²) in [6, 6.07) is 6.64. The fourth-order valence-corrected chi connectivity index (χ4v) is 4.56. The highest BCUT2D eigenvalue weighted by atomic mass is 16.5. The van der Waals surface area contributed by atoms with E-state index in [1.54, 1.807) is 7.11 Å². The van der Waals surface area contributed by atoms with E-state index in [-0.39, 0.29) is 0 Å². The van der Waals surface area contributed by atoms with Crippen molar-refractivity contribution in [3.05, 3.63) is 29.3 Å². The molecule has 0 bridgehead atoms. The maximum Gasteiger partial charge on any atom is 0.223 e. The van der Waals surface area contributed by atoms with Gasteiger partial charge in [-0.1, -0.05) is 12.1 Å². The molecule has 5 nitrogen and oxygen atoms in total. The Hall–Kier alpha value is -1.59. The molecule has 0 spiro atoms. The monoisotopic (exact) mass is 330 g/mol. The zero-order valence-corrected chi connectivity index (χ0v) is 14.4. The second-order valence-electron chi connectivity index (χ2n) is 6.99. The number of methoxy groups -OCH3 is 1. The van der Waals surface area contributed by atoms with E-state index in [0.29, 0.717) is 24.3 Å². The fraction of sp³-hybridized carbons (Fsp3) is 0.632. The van der Waals surface area contributed by atoms with Crippen LogP contribution in [0.15, 0.2) is 18.2 Å². The van der Waals surface area contributed by atoms with Gasteiger partial charge in [0.15, 0.2) is 0 Å². The lowest BCUT2D eigenvalue weighted by Gasteiger charge is -2.35. The first-order chi connectivity index (χ1) is 11.8. The minimum atomic E-state index is 0.314. The quantitative estimate of drug-likeness (QED) is 0.842. The summed E-state index contributed by atoms with van der Waals surface area (Å²) >= 11 is 0. The van der Waals surface area contributed by atoms with Crippen LogP contribution >= 0.6 is 0 Å². The molecule has 2 atom stereocenters. The first-order valence-corrected chi connectivity index (χ1v) is 9.03. The van der Waals surface area contributed by atoms with Crippen molar-refractivity contribution in [2.24, 2.45) is 0 Å². The van der Waals surface area contributed by atoms with Crippen LogP contribution in [-0.2, 0) is 16.0 Å². The van der Waals surface area contributed by atoms with E-state index < -0.39 is 0 Å². The predicted octanol–water partition coefficient (Wildman–Crippen LogP) is 1.66. The van der Waals surface area contributed by atoms with E-state index in [1.807, 2.05) is 6.07 Å². The molecule has 0 unspecified atom stereocenters. The van der Waals surface area contributed by atoms with Crippen LogP contribution < -0.4 is 4.74 Å². The third-order valence-electron chi connectivity index (χ3n) is 5.82. The Morgan fingerprint density at radius 3 is 2.88 bits per heavy atom. The lowest BCUT2D eigenvalue weighted by atomic mass is 9.79. The molecule has 0 radical (unpaired) electrons. The molecule has 130 valence electrons. The molecule has 5 heteroatoms. The highest BCUT2D eigenvalue weighted by molar-refractivity contribution is 5.81. The third-order valence-corrected chi connectivity index (χ3v) is 5.82. The Morgan fingerprint density at radius 1 is 1.25 bits per heavy atom. The Kier molecular flexibility index (Phi) is 4.46. The molecule has 24 heavy (non-hydrogen) atoms. The summed E-state index contributed by atoms with van der Waals surface area (Å²) in [5.41, 5.74) is 2.64. The first kappa shape index (κ1) is 15.9. The van der Waals surface area contributed by atoms with Crippen LogP contribution in [0.1, 0.15) is 29.9 Å². The summed E-state index contributed by atoms with van der Waals surface area (Å²) in [5.74, 6) is 1.63. The number of hydrogen-bond acceptors (Lipinski definition) is 4. The molecule has 1 aromatic carbocycles. The summed E-state index contributed by atoms with van der Waals surface area (Å²) in [6.07, 6.45) is 2.70. The van der Waals surface area contributed by atoms with Crippen molar-refractivity contribution in [2.75, 3.05) is 46.5 Å². The zero-order chi connectivity index (χ0) is 16.5. The zero-order valence-electron chi connectivity index (χ0n) is 14.4. The molecule has 4 rings (SSSR count). The van der Waals surface area contributed by atoms with E-state index in [1.165, 1.54) is 11.1 Å². The second kappa shape index (κ2) is 6.73. The van der Waals surface area contributed by atoms with E-state index in [9.17, 15) is 4.79 Å². The van der Waals surface area contributed by atoms with Gasteiger partial charge >= 0.3 is 0 Å². The molecule has 1 aliphatic carbocycles. The maximum atomic E-state index is 12.6. The van der Waals surface area contributed by atoms with Crippen LogP contribution in [0.4, 0.5) is 0 Å². The lowest BCUT2D eigenvalue weighted by molar-refractivity contribution is -0.129. The lowest BCUT2D eigenvalue weighted by Crippen LogP contribution is -2.45. The van der Waals surface area contributed by atoms with Gasteiger partial charge in [0.05, 0.1) is 20.3 Å². The molecule has 2 heterocycles. The summed E-state index contributed by atoms with van der Waals surface area (Å²) in [4.78, 5) is 17.2. The summed E-state index contributed by atoms with van der Waals surface area (Å²) in [5, 5.41) is 0. The molecule has 2 aliphatic heterocycles. The highest BCUT2D eigenvalue weighted by Crippen LogP contribution is 2.44. The van der Waals surface area contributed by atoms with Gasteiger partial charge < -0.3 is 14.4 Å². The first-order valence-electron chi connectivity index (χ1n) is 9.03. The van der Waals surface area contributed by atoms with Crippen molar-refractivity contribution < 1.29 is 14.3 Å². The minimum Gasteiger partial charge on any atom is -0.496 e. The van der Waals surface area contributed by atoms with Crippen molar-refractivity contribution in [1.29, 1.82) is 0 Å². The average molecular weight is 330 g/mol. The minimum absolute atomic E-state index is 0.314. The number of carbonyl (C=O) groups excluding carboxylic acids is 1. The van der Waals surface area contributed by atoms with Gasteiger partial charge in [0, 0.05) is 44.6 Å². The van der Waals surface area contributed by atoms with Crippen molar-refractivity contribution in [2.45, 2.75) is 31.2 Å². The molecule has 2 fully saturated rings. The van der Waals surface area contributed by atoms with Crippen molar-refractivity contribution >= 4 is 5.91 Å². The van der Waals surface area contributed by atoms with E-state index in [4.69, 9.17) is 9.47 Å². The van der Waals surface area contributed by atoms with E-state index >= 15 is 0 Å². The number of rotatable bonds is 4. The molecule has 3 aliphatic rings. The van der Waals surface area contributed by atoms with Crippen LogP contribution in [0.5, 0.6) is 5.75 Å². The largest absolute Gasteiger partial charge is 0.496 e. The topological polar surface area (TPSA) is 42.0 Å². The van der Waals surface area contributed by atoms with Crippen LogP contribution in [-0.4, -0.2) is 68.3 Å². The van der Waals surface area contributed by atoms with Gasteiger partial charge in [-0.2, -0.15) is 0 Å². The smallest absolute Gasteiger partial charge is 0.223 e. The number of nitrogens with zero attached hydrogens (tertiary/aromatic N) is 2. The standard InChI is InChI=1S/C19H26N2O3/c1-23-18-4-2-3-14-15(18)5-6-17-16(14)13-19(22)21(17)8-7-20-9-11-24-12-10-20/h2-4,16-17H,5-13H2,1H3/t16-,17+/m0/s1. The number of amides is 1. The number of carbonyl (C=O) groups is 1. The fourth-order valence-electron chi connectivity index (χ4n) is 4.56. The van der Waals surface area contributed by atoms with Gasteiger partial charge in [0.25, 0.3) is 0 Å². The van der Waals surface area contributed by atoms with Crippen LogP contribution in [0.25, 0.3) is 0 Å². The predicted molar refractivity (Wildman–Crippen MR) is 91.4 cm³/mol. The number of morpholine rings is 1. The SMILES string of the molecule is COc1cccc2c1CC[C@@H]1[C@H]2CC(=O)N1CCN1CCOCC1. The van der Waals surface area contributed by atoms with Crippen molar-refractivity contribution in [3.63, 3.8) is 0 Å². The highest BCUT2D eigenvalue weighted by Gasteiger charge is 2.43. The van der Waals surface area contributed by atoms with Crippen LogP contribution in [0.2, 0.25) is 0 Å². The van der Waals surface area contributed by atoms with Gasteiger partial charge in [-0.05, 0) is 30.0 Å². The summed E-state index contributed by atoms with van der Waals surface area (Å²) in [6.45, 7) is 5.40. The number of likely N-dealkylation sites (tertiary alicyclic amines) is 1. The Bertz CT molecular complexity index is 613. The number of fused-ring (bicyclic) bond motifs is 3. The van der Waals surface area contributed by atoms with Gasteiger partial charge in [-0.25, -0.2) is 0 Å². The second-order valence-corrected chi connectivity index (χ2v) is 6.99. The number of ether oxygens (including phenoxy) is 2.